The molecule has 154 valence electrons. The average molecular weight is 418 g/mol. The molecule has 2 amide bonds. The van der Waals surface area contributed by atoms with Crippen molar-refractivity contribution >= 4 is 29.0 Å². The number of carbonyl (C=O) groups is 1. The number of benzene rings is 2. The molecule has 1 aliphatic carbocycles. The third-order valence-corrected chi connectivity index (χ3v) is 5.54. The highest BCUT2D eigenvalue weighted by atomic mass is 35.5. The first kappa shape index (κ1) is 21.1. The fourth-order valence-electron chi connectivity index (χ4n) is 3.68. The smallest absolute Gasteiger partial charge is 0.322 e. The zero-order valence-corrected chi connectivity index (χ0v) is 16.7. The predicted octanol–water partition coefficient (Wildman–Crippen LogP) is 5.15. The lowest BCUT2D eigenvalue weighted by molar-refractivity contribution is -0.384. The number of urea groups is 1. The number of anilines is 1. The molecule has 1 aliphatic rings. The van der Waals surface area contributed by atoms with Gasteiger partial charge in [-0.1, -0.05) is 61.2 Å². The van der Waals surface area contributed by atoms with Crippen molar-refractivity contribution in [3.05, 3.63) is 69.2 Å². The molecular weight excluding hydrogens is 394 g/mol. The zero-order chi connectivity index (χ0) is 20.8. The van der Waals surface area contributed by atoms with Gasteiger partial charge in [-0.3, -0.25) is 10.1 Å². The maximum atomic E-state index is 13.0. The van der Waals surface area contributed by atoms with Gasteiger partial charge in [0, 0.05) is 17.8 Å². The van der Waals surface area contributed by atoms with E-state index in [-0.39, 0.29) is 29.3 Å². The van der Waals surface area contributed by atoms with Crippen LogP contribution >= 0.6 is 11.6 Å². The van der Waals surface area contributed by atoms with Crippen molar-refractivity contribution in [1.82, 2.24) is 4.90 Å². The second-order valence-corrected chi connectivity index (χ2v) is 7.63. The van der Waals surface area contributed by atoms with Gasteiger partial charge in [0.15, 0.2) is 0 Å². The predicted molar refractivity (Wildman–Crippen MR) is 112 cm³/mol. The molecular formula is C21H24ClN3O4. The van der Waals surface area contributed by atoms with E-state index in [1.165, 1.54) is 18.2 Å². The zero-order valence-electron chi connectivity index (χ0n) is 16.0. The molecule has 0 spiro atoms. The van der Waals surface area contributed by atoms with E-state index in [9.17, 15) is 20.0 Å². The van der Waals surface area contributed by atoms with E-state index in [1.54, 1.807) is 4.90 Å². The lowest BCUT2D eigenvalue weighted by Crippen LogP contribution is -2.46. The lowest BCUT2D eigenvalue weighted by atomic mass is 9.94. The Morgan fingerprint density at radius 2 is 1.90 bits per heavy atom. The Hall–Kier alpha value is -2.64. The normalized spacial score (nSPS) is 15.5. The summed E-state index contributed by atoms with van der Waals surface area (Å²) in [6.07, 6.45) is 4.12. The van der Waals surface area contributed by atoms with Gasteiger partial charge >= 0.3 is 6.03 Å². The molecule has 0 bridgehead atoms. The Labute approximate surface area is 174 Å². The summed E-state index contributed by atoms with van der Waals surface area (Å²) in [4.78, 5) is 25.2. The van der Waals surface area contributed by atoms with Crippen LogP contribution in [0.15, 0.2) is 48.5 Å². The number of hydrogen-bond acceptors (Lipinski definition) is 4. The van der Waals surface area contributed by atoms with Crippen molar-refractivity contribution < 1.29 is 14.8 Å². The molecule has 0 heterocycles. The van der Waals surface area contributed by atoms with Crippen LogP contribution in [0.3, 0.4) is 0 Å². The quantitative estimate of drug-likeness (QED) is 0.501. The maximum Gasteiger partial charge on any atom is 0.322 e. The van der Waals surface area contributed by atoms with Crippen LogP contribution in [0.4, 0.5) is 16.2 Å². The molecule has 1 atom stereocenters. The SMILES string of the molecule is O=C(Nc1ccc(Cl)c([N+](=O)[O-])c1)N(C[C@H](O)c1ccccc1)C1CCCCC1. The molecule has 2 aromatic carbocycles. The molecule has 1 fully saturated rings. The summed E-state index contributed by atoms with van der Waals surface area (Å²) in [5.74, 6) is 0. The molecule has 7 nitrogen and oxygen atoms in total. The summed E-state index contributed by atoms with van der Waals surface area (Å²) in [5.41, 5.74) is 0.766. The molecule has 29 heavy (non-hydrogen) atoms. The number of nitrogens with one attached hydrogen (secondary N) is 1. The Bertz CT molecular complexity index is 856. The summed E-state index contributed by atoms with van der Waals surface area (Å²) < 4.78 is 0. The van der Waals surface area contributed by atoms with Crippen molar-refractivity contribution in [2.24, 2.45) is 0 Å². The number of nitrogens with zero attached hydrogens (tertiary/aromatic N) is 2. The van der Waals surface area contributed by atoms with E-state index >= 15 is 0 Å². The van der Waals surface area contributed by atoms with Gasteiger partial charge < -0.3 is 15.3 Å². The van der Waals surface area contributed by atoms with Crippen molar-refractivity contribution in [2.45, 2.75) is 44.2 Å². The van der Waals surface area contributed by atoms with Crippen molar-refractivity contribution in [2.75, 3.05) is 11.9 Å². The lowest BCUT2D eigenvalue weighted by Gasteiger charge is -2.35. The summed E-state index contributed by atoms with van der Waals surface area (Å²) >= 11 is 5.85. The molecule has 0 aromatic heterocycles. The Morgan fingerprint density at radius 1 is 1.21 bits per heavy atom. The van der Waals surface area contributed by atoms with E-state index in [0.717, 1.165) is 37.7 Å². The van der Waals surface area contributed by atoms with Gasteiger partial charge in [0.2, 0.25) is 0 Å². The van der Waals surface area contributed by atoms with Gasteiger partial charge in [-0.25, -0.2) is 4.79 Å². The van der Waals surface area contributed by atoms with Crippen LogP contribution in [0.1, 0.15) is 43.8 Å². The van der Waals surface area contributed by atoms with Crippen molar-refractivity contribution in [1.29, 1.82) is 0 Å². The van der Waals surface area contributed by atoms with Gasteiger partial charge in [-0.2, -0.15) is 0 Å². The third kappa shape index (κ3) is 5.46. The highest BCUT2D eigenvalue weighted by Crippen LogP contribution is 2.29. The molecule has 0 radical (unpaired) electrons. The molecule has 1 saturated carbocycles. The first-order valence-electron chi connectivity index (χ1n) is 9.70. The Morgan fingerprint density at radius 3 is 2.55 bits per heavy atom. The highest BCUT2D eigenvalue weighted by molar-refractivity contribution is 6.32. The molecule has 8 heteroatoms. The van der Waals surface area contributed by atoms with Crippen LogP contribution < -0.4 is 5.32 Å². The first-order chi connectivity index (χ1) is 14.0. The van der Waals surface area contributed by atoms with E-state index in [0.29, 0.717) is 5.69 Å². The van der Waals surface area contributed by atoms with Crippen LogP contribution in [0.2, 0.25) is 5.02 Å². The standard InChI is InChI=1S/C21H24ClN3O4/c22-18-12-11-16(13-19(18)25(28)29)23-21(27)24(17-9-5-2-6-10-17)14-20(26)15-7-3-1-4-8-15/h1,3-4,7-8,11-13,17,20,26H,2,5-6,9-10,14H2,(H,23,27)/t20-/m0/s1. The van der Waals surface area contributed by atoms with Crippen LogP contribution in [0.5, 0.6) is 0 Å². The fraction of sp³-hybridized carbons (Fsp3) is 0.381. The van der Waals surface area contributed by atoms with Crippen molar-refractivity contribution in [3.8, 4) is 0 Å². The highest BCUT2D eigenvalue weighted by Gasteiger charge is 2.28. The minimum Gasteiger partial charge on any atom is -0.387 e. The Kier molecular flexibility index (Phi) is 7.06. The van der Waals surface area contributed by atoms with Gasteiger partial charge in [0.1, 0.15) is 5.02 Å². The Balaban J connectivity index is 1.78. The summed E-state index contributed by atoms with van der Waals surface area (Å²) in [6.45, 7) is 0.149. The van der Waals surface area contributed by atoms with E-state index in [4.69, 9.17) is 11.6 Å². The minimum atomic E-state index is -0.816. The van der Waals surface area contributed by atoms with Gasteiger partial charge in [0.05, 0.1) is 17.6 Å². The maximum absolute atomic E-state index is 13.0. The summed E-state index contributed by atoms with van der Waals surface area (Å²) in [5, 5.41) is 24.5. The number of aliphatic hydroxyl groups excluding tert-OH is 1. The fourth-order valence-corrected chi connectivity index (χ4v) is 3.87. The average Bonchev–Trinajstić information content (AvgIpc) is 2.74. The van der Waals surface area contributed by atoms with E-state index in [2.05, 4.69) is 5.32 Å². The number of carbonyl (C=O) groups excluding carboxylic acids is 1. The molecule has 0 unspecified atom stereocenters. The van der Waals surface area contributed by atoms with Crippen LogP contribution in [-0.4, -0.2) is 33.5 Å². The minimum absolute atomic E-state index is 0.0108. The molecule has 2 N–H and O–H groups in total. The topological polar surface area (TPSA) is 95.7 Å². The third-order valence-electron chi connectivity index (χ3n) is 5.22. The second-order valence-electron chi connectivity index (χ2n) is 7.22. The van der Waals surface area contributed by atoms with Gasteiger partial charge in [-0.05, 0) is 30.5 Å². The molecule has 0 saturated heterocycles. The molecule has 2 aromatic rings. The molecule has 0 aliphatic heterocycles. The number of aliphatic hydroxyl groups is 1. The van der Waals surface area contributed by atoms with Crippen molar-refractivity contribution in [3.63, 3.8) is 0 Å². The molecule has 3 rings (SSSR count). The number of halogens is 1. The summed E-state index contributed by atoms with van der Waals surface area (Å²) in [6, 6.07) is 13.0. The van der Waals surface area contributed by atoms with Gasteiger partial charge in [0.25, 0.3) is 5.69 Å². The van der Waals surface area contributed by atoms with E-state index < -0.39 is 11.0 Å². The van der Waals surface area contributed by atoms with Crippen LogP contribution in [0, 0.1) is 10.1 Å². The monoisotopic (exact) mass is 417 g/mol. The number of hydrogen-bond donors (Lipinski definition) is 2. The number of rotatable bonds is 6. The number of nitro groups is 1. The first-order valence-corrected chi connectivity index (χ1v) is 10.1. The van der Waals surface area contributed by atoms with Crippen LogP contribution in [0.25, 0.3) is 0 Å². The van der Waals surface area contributed by atoms with E-state index in [1.807, 2.05) is 30.3 Å². The number of amides is 2. The largest absolute Gasteiger partial charge is 0.387 e. The second kappa shape index (κ2) is 9.71. The number of nitro benzene ring substituents is 1. The van der Waals surface area contributed by atoms with Gasteiger partial charge in [-0.15, -0.1) is 0 Å². The summed E-state index contributed by atoms with van der Waals surface area (Å²) in [7, 11) is 0. The van der Waals surface area contributed by atoms with Crippen LogP contribution in [-0.2, 0) is 0 Å².